The minimum absolute atomic E-state index is 0.185. The Balaban J connectivity index is 2.38. The molecule has 1 aromatic rings. The molecule has 1 aliphatic heterocycles. The van der Waals surface area contributed by atoms with Crippen molar-refractivity contribution in [3.63, 3.8) is 0 Å². The molecular weight excluding hydrogens is 450 g/mol. The van der Waals surface area contributed by atoms with Gasteiger partial charge in [-0.3, -0.25) is 14.5 Å². The highest BCUT2D eigenvalue weighted by Gasteiger charge is 2.34. The van der Waals surface area contributed by atoms with E-state index in [1.165, 1.54) is 17.2 Å². The topological polar surface area (TPSA) is 114 Å². The highest BCUT2D eigenvalue weighted by molar-refractivity contribution is 6.11. The number of nitrogens with zero attached hydrogens (tertiary/aromatic N) is 1. The number of ketones is 1. The van der Waals surface area contributed by atoms with Crippen LogP contribution in [0.3, 0.4) is 0 Å². The third-order valence-corrected chi connectivity index (χ3v) is 5.02. The number of carbonyl (C=O) groups excluding carboxylic acids is 4. The van der Waals surface area contributed by atoms with Crippen molar-refractivity contribution < 1.29 is 28.7 Å². The first-order valence-corrected chi connectivity index (χ1v) is 11.8. The van der Waals surface area contributed by atoms with Gasteiger partial charge >= 0.3 is 12.2 Å². The molecule has 0 aliphatic carbocycles. The van der Waals surface area contributed by atoms with Gasteiger partial charge in [0.05, 0.1) is 18.3 Å². The van der Waals surface area contributed by atoms with E-state index in [0.29, 0.717) is 17.7 Å². The highest BCUT2D eigenvalue weighted by atomic mass is 16.6. The zero-order valence-corrected chi connectivity index (χ0v) is 21.1. The number of hydrogen-bond donors (Lipinski definition) is 2. The van der Waals surface area contributed by atoms with Crippen LogP contribution >= 0.6 is 0 Å². The second kappa shape index (κ2) is 12.7. The third kappa shape index (κ3) is 8.27. The van der Waals surface area contributed by atoms with Gasteiger partial charge in [0.15, 0.2) is 5.78 Å². The van der Waals surface area contributed by atoms with Crippen molar-refractivity contribution in [3.8, 4) is 0 Å². The van der Waals surface area contributed by atoms with Gasteiger partial charge in [-0.15, -0.1) is 0 Å². The number of ether oxygens (including phenoxy) is 2. The zero-order valence-electron chi connectivity index (χ0n) is 21.1. The van der Waals surface area contributed by atoms with Gasteiger partial charge in [0.2, 0.25) is 5.91 Å². The van der Waals surface area contributed by atoms with Crippen molar-refractivity contribution >= 4 is 23.9 Å². The molecule has 1 heterocycles. The van der Waals surface area contributed by atoms with Gasteiger partial charge in [0.25, 0.3) is 0 Å². The maximum atomic E-state index is 13.4. The SMILES string of the molecule is CCCCC1C(NC(=O)CNC(=O)OC(C)(C)C)=C(C(=O)c2ccccc2)C=CN1C(=O)OCC. The maximum absolute atomic E-state index is 13.4. The number of hydrogen-bond acceptors (Lipinski definition) is 6. The van der Waals surface area contributed by atoms with E-state index in [9.17, 15) is 19.2 Å². The molecule has 35 heavy (non-hydrogen) atoms. The lowest BCUT2D eigenvalue weighted by atomic mass is 9.93. The second-order valence-corrected chi connectivity index (χ2v) is 9.01. The summed E-state index contributed by atoms with van der Waals surface area (Å²) in [6.45, 7) is 8.69. The quantitative estimate of drug-likeness (QED) is 0.504. The average Bonchev–Trinajstić information content (AvgIpc) is 2.81. The van der Waals surface area contributed by atoms with E-state index in [0.717, 1.165) is 12.8 Å². The van der Waals surface area contributed by atoms with Crippen LogP contribution in [0.2, 0.25) is 0 Å². The number of benzene rings is 1. The van der Waals surface area contributed by atoms with Gasteiger partial charge in [-0.2, -0.15) is 0 Å². The Morgan fingerprint density at radius 2 is 1.74 bits per heavy atom. The van der Waals surface area contributed by atoms with Crippen molar-refractivity contribution in [2.24, 2.45) is 0 Å². The molecule has 1 atom stereocenters. The normalized spacial score (nSPS) is 15.5. The number of nitrogens with one attached hydrogen (secondary N) is 2. The van der Waals surface area contributed by atoms with E-state index in [-0.39, 0.29) is 24.5 Å². The van der Waals surface area contributed by atoms with Crippen molar-refractivity contribution in [2.75, 3.05) is 13.2 Å². The Bertz CT molecular complexity index is 979. The fourth-order valence-electron chi connectivity index (χ4n) is 3.49. The molecule has 0 aromatic heterocycles. The van der Waals surface area contributed by atoms with E-state index in [2.05, 4.69) is 10.6 Å². The molecule has 2 rings (SSSR count). The van der Waals surface area contributed by atoms with Crippen LogP contribution in [-0.2, 0) is 14.3 Å². The Labute approximate surface area is 206 Å². The van der Waals surface area contributed by atoms with E-state index >= 15 is 0 Å². The summed E-state index contributed by atoms with van der Waals surface area (Å²) in [5.41, 5.74) is 0.296. The predicted octanol–water partition coefficient (Wildman–Crippen LogP) is 4.31. The van der Waals surface area contributed by atoms with Crippen molar-refractivity contribution in [3.05, 3.63) is 59.4 Å². The molecule has 190 valence electrons. The molecular formula is C26H35N3O6. The van der Waals surface area contributed by atoms with Crippen molar-refractivity contribution in [2.45, 2.75) is 65.5 Å². The predicted molar refractivity (Wildman–Crippen MR) is 131 cm³/mol. The summed E-state index contributed by atoms with van der Waals surface area (Å²) in [6, 6.07) is 8.06. The number of Topliss-reactive ketones (excluding diaryl/α,β-unsaturated/α-hetero) is 1. The fraction of sp³-hybridized carbons (Fsp3) is 0.462. The lowest BCUT2D eigenvalue weighted by Crippen LogP contribution is -2.47. The molecule has 0 bridgehead atoms. The van der Waals surface area contributed by atoms with Crippen LogP contribution in [0.15, 0.2) is 53.9 Å². The molecule has 0 saturated heterocycles. The summed E-state index contributed by atoms with van der Waals surface area (Å²) in [5, 5.41) is 5.19. The Kier molecular flexibility index (Phi) is 10.1. The molecule has 1 aromatic carbocycles. The molecule has 9 nitrogen and oxygen atoms in total. The summed E-state index contributed by atoms with van der Waals surface area (Å²) in [6.07, 6.45) is 3.81. The Hall–Kier alpha value is -3.62. The Morgan fingerprint density at radius 1 is 1.06 bits per heavy atom. The van der Waals surface area contributed by atoms with Gasteiger partial charge in [-0.05, 0) is 40.2 Å². The van der Waals surface area contributed by atoms with Gasteiger partial charge in [0.1, 0.15) is 12.1 Å². The molecule has 0 fully saturated rings. The van der Waals surface area contributed by atoms with Gasteiger partial charge in [-0.25, -0.2) is 9.59 Å². The maximum Gasteiger partial charge on any atom is 0.414 e. The first-order chi connectivity index (χ1) is 16.6. The zero-order chi connectivity index (χ0) is 26.0. The number of allylic oxidation sites excluding steroid dienone is 2. The van der Waals surface area contributed by atoms with Crippen LogP contribution < -0.4 is 10.6 Å². The van der Waals surface area contributed by atoms with Crippen molar-refractivity contribution in [1.29, 1.82) is 0 Å². The van der Waals surface area contributed by atoms with Crippen LogP contribution in [0, 0.1) is 0 Å². The largest absolute Gasteiger partial charge is 0.449 e. The lowest BCUT2D eigenvalue weighted by molar-refractivity contribution is -0.119. The summed E-state index contributed by atoms with van der Waals surface area (Å²) in [5.74, 6) is -0.841. The van der Waals surface area contributed by atoms with E-state index < -0.39 is 29.7 Å². The summed E-state index contributed by atoms with van der Waals surface area (Å²) < 4.78 is 10.4. The van der Waals surface area contributed by atoms with Crippen LogP contribution in [-0.4, -0.2) is 53.6 Å². The van der Waals surface area contributed by atoms with Crippen LogP contribution in [0.25, 0.3) is 0 Å². The average molecular weight is 486 g/mol. The molecule has 1 unspecified atom stereocenters. The van der Waals surface area contributed by atoms with Gasteiger partial charge < -0.3 is 20.1 Å². The summed E-state index contributed by atoms with van der Waals surface area (Å²) >= 11 is 0. The molecule has 0 saturated carbocycles. The van der Waals surface area contributed by atoms with Crippen LogP contribution in [0.1, 0.15) is 64.2 Å². The molecule has 1 aliphatic rings. The smallest absolute Gasteiger partial charge is 0.414 e. The first-order valence-electron chi connectivity index (χ1n) is 11.8. The fourth-order valence-corrected chi connectivity index (χ4v) is 3.49. The lowest BCUT2D eigenvalue weighted by Gasteiger charge is -2.34. The second-order valence-electron chi connectivity index (χ2n) is 9.01. The molecule has 2 N–H and O–H groups in total. The molecule has 0 radical (unpaired) electrons. The third-order valence-electron chi connectivity index (χ3n) is 5.02. The summed E-state index contributed by atoms with van der Waals surface area (Å²) in [7, 11) is 0. The Morgan fingerprint density at radius 3 is 2.34 bits per heavy atom. The van der Waals surface area contributed by atoms with E-state index in [4.69, 9.17) is 9.47 Å². The first kappa shape index (κ1) is 27.6. The standard InChI is InChI=1S/C26H35N3O6/c1-6-8-14-20-22(28-21(30)17-27-24(32)35-26(3,4)5)19(15-16-29(20)25(33)34-7-2)23(31)18-12-10-9-11-13-18/h9-13,15-16,20H,6-8,14,17H2,1-5H3,(H,27,32)(H,28,30). The van der Waals surface area contributed by atoms with Gasteiger partial charge in [0, 0.05) is 17.3 Å². The van der Waals surface area contributed by atoms with Crippen LogP contribution in [0.5, 0.6) is 0 Å². The minimum atomic E-state index is -0.735. The minimum Gasteiger partial charge on any atom is -0.449 e. The van der Waals surface area contributed by atoms with Gasteiger partial charge in [-0.1, -0.05) is 50.1 Å². The number of alkyl carbamates (subject to hydrolysis) is 1. The number of unbranched alkanes of at least 4 members (excludes halogenated alkanes) is 1. The highest BCUT2D eigenvalue weighted by Crippen LogP contribution is 2.27. The van der Waals surface area contributed by atoms with E-state index in [1.54, 1.807) is 58.0 Å². The molecule has 0 spiro atoms. The van der Waals surface area contributed by atoms with E-state index in [1.807, 2.05) is 6.92 Å². The monoisotopic (exact) mass is 485 g/mol. The summed E-state index contributed by atoms with van der Waals surface area (Å²) in [4.78, 5) is 52.2. The molecule has 9 heteroatoms. The van der Waals surface area contributed by atoms with Crippen molar-refractivity contribution in [1.82, 2.24) is 15.5 Å². The number of carbonyl (C=O) groups is 4. The number of amides is 3. The number of rotatable bonds is 9. The molecule has 3 amide bonds. The van der Waals surface area contributed by atoms with Crippen LogP contribution in [0.4, 0.5) is 9.59 Å².